The molecule has 6 heteroatoms. The minimum atomic E-state index is -0.308. The molecule has 0 bridgehead atoms. The van der Waals surface area contributed by atoms with Gasteiger partial charge in [0.15, 0.2) is 0 Å². The maximum absolute atomic E-state index is 12.0. The van der Waals surface area contributed by atoms with Crippen LogP contribution >= 0.6 is 11.6 Å². The third-order valence-electron chi connectivity index (χ3n) is 3.24. The molecule has 0 radical (unpaired) electrons. The number of benzene rings is 2. The first-order chi connectivity index (χ1) is 11.6. The molecule has 24 heavy (non-hydrogen) atoms. The van der Waals surface area contributed by atoms with Crippen LogP contribution in [0.1, 0.15) is 17.5 Å². The van der Waals surface area contributed by atoms with Crippen molar-refractivity contribution in [3.8, 4) is 6.07 Å². The van der Waals surface area contributed by atoms with Crippen molar-refractivity contribution in [2.75, 3.05) is 5.32 Å². The van der Waals surface area contributed by atoms with Crippen molar-refractivity contribution in [1.29, 1.82) is 5.26 Å². The third-order valence-corrected chi connectivity index (χ3v) is 3.50. The number of hydrogen-bond acceptors (Lipinski definition) is 3. The Labute approximate surface area is 145 Å². The lowest BCUT2D eigenvalue weighted by Gasteiger charge is -2.07. The van der Waals surface area contributed by atoms with Crippen LogP contribution in [0.4, 0.5) is 5.69 Å². The second-order valence-electron chi connectivity index (χ2n) is 5.16. The summed E-state index contributed by atoms with van der Waals surface area (Å²) in [5.41, 5.74) is 2.45. The van der Waals surface area contributed by atoms with Gasteiger partial charge in [0.2, 0.25) is 11.8 Å². The number of anilines is 1. The van der Waals surface area contributed by atoms with E-state index in [1.54, 1.807) is 30.3 Å². The lowest BCUT2D eigenvalue weighted by atomic mass is 10.1. The molecule has 2 N–H and O–H groups in total. The van der Waals surface area contributed by atoms with Crippen molar-refractivity contribution in [3.05, 3.63) is 64.7 Å². The Balaban J connectivity index is 1.84. The maximum Gasteiger partial charge on any atom is 0.234 e. The highest BCUT2D eigenvalue weighted by atomic mass is 35.5. The number of carbonyl (C=O) groups excluding carboxylic acids is 2. The molecule has 122 valence electrons. The number of carbonyl (C=O) groups is 2. The Morgan fingerprint density at radius 2 is 1.58 bits per heavy atom. The molecule has 0 unspecified atom stereocenters. The zero-order chi connectivity index (χ0) is 17.4. The summed E-state index contributed by atoms with van der Waals surface area (Å²) in [4.78, 5) is 23.2. The molecule has 0 atom stereocenters. The lowest BCUT2D eigenvalue weighted by molar-refractivity contribution is -0.120. The van der Waals surface area contributed by atoms with Crippen LogP contribution in [0.5, 0.6) is 0 Å². The molecule has 2 aromatic carbocycles. The van der Waals surface area contributed by atoms with Crippen LogP contribution in [0.2, 0.25) is 5.02 Å². The Bertz CT molecular complexity index is 749. The number of nitriles is 1. The van der Waals surface area contributed by atoms with Crippen LogP contribution in [0.3, 0.4) is 0 Å². The molecule has 5 nitrogen and oxygen atoms in total. The van der Waals surface area contributed by atoms with Crippen molar-refractivity contribution in [1.82, 2.24) is 5.32 Å². The third kappa shape index (κ3) is 5.75. The predicted molar refractivity (Wildman–Crippen MR) is 92.3 cm³/mol. The topological polar surface area (TPSA) is 82.0 Å². The molecular formula is C18H16ClN3O2. The van der Waals surface area contributed by atoms with Crippen LogP contribution in [-0.2, 0) is 22.6 Å². The Morgan fingerprint density at radius 1 is 0.958 bits per heavy atom. The first kappa shape index (κ1) is 17.5. The van der Waals surface area contributed by atoms with Gasteiger partial charge in [-0.1, -0.05) is 35.9 Å². The molecular weight excluding hydrogens is 326 g/mol. The highest BCUT2D eigenvalue weighted by Gasteiger charge is 2.05. The number of halogens is 1. The van der Waals surface area contributed by atoms with Crippen molar-refractivity contribution >= 4 is 29.1 Å². The Hall–Kier alpha value is -2.84. The molecule has 0 saturated heterocycles. The van der Waals surface area contributed by atoms with Gasteiger partial charge >= 0.3 is 0 Å². The highest BCUT2D eigenvalue weighted by molar-refractivity contribution is 6.30. The van der Waals surface area contributed by atoms with E-state index >= 15 is 0 Å². The molecule has 2 amide bonds. The summed E-state index contributed by atoms with van der Waals surface area (Å²) < 4.78 is 0. The van der Waals surface area contributed by atoms with Gasteiger partial charge in [-0.2, -0.15) is 5.26 Å². The SMILES string of the molecule is N#CCC(=O)NCc1ccc(NC(=O)Cc2ccc(Cl)cc2)cc1. The fourth-order valence-corrected chi connectivity index (χ4v) is 2.16. The lowest BCUT2D eigenvalue weighted by Crippen LogP contribution is -2.21. The molecule has 0 fully saturated rings. The summed E-state index contributed by atoms with van der Waals surface area (Å²) in [5.74, 6) is -0.426. The van der Waals surface area contributed by atoms with Gasteiger partial charge in [0, 0.05) is 17.3 Å². The molecule has 0 spiro atoms. The average Bonchev–Trinajstić information content (AvgIpc) is 2.56. The van der Waals surface area contributed by atoms with Crippen molar-refractivity contribution in [2.45, 2.75) is 19.4 Å². The van der Waals surface area contributed by atoms with Gasteiger partial charge in [-0.05, 0) is 35.4 Å². The quantitative estimate of drug-likeness (QED) is 0.847. The van der Waals surface area contributed by atoms with Gasteiger partial charge in [-0.25, -0.2) is 0 Å². The molecule has 0 saturated carbocycles. The monoisotopic (exact) mass is 341 g/mol. The largest absolute Gasteiger partial charge is 0.351 e. The van der Waals surface area contributed by atoms with E-state index in [9.17, 15) is 9.59 Å². The Kier molecular flexibility index (Phi) is 6.35. The summed E-state index contributed by atoms with van der Waals surface area (Å²) in [5, 5.41) is 14.5. The molecule has 0 aliphatic carbocycles. The zero-order valence-corrected chi connectivity index (χ0v) is 13.6. The second kappa shape index (κ2) is 8.70. The van der Waals surface area contributed by atoms with Gasteiger partial charge in [0.1, 0.15) is 6.42 Å². The molecule has 0 aliphatic rings. The van der Waals surface area contributed by atoms with Gasteiger partial charge in [-0.3, -0.25) is 9.59 Å². The van der Waals surface area contributed by atoms with E-state index in [1.807, 2.05) is 24.3 Å². The van der Waals surface area contributed by atoms with Crippen LogP contribution in [-0.4, -0.2) is 11.8 Å². The van der Waals surface area contributed by atoms with E-state index in [0.717, 1.165) is 11.1 Å². The summed E-state index contributed by atoms with van der Waals surface area (Å²) in [6, 6.07) is 16.1. The number of hydrogen-bond donors (Lipinski definition) is 2. The number of nitrogens with one attached hydrogen (secondary N) is 2. The van der Waals surface area contributed by atoms with E-state index in [-0.39, 0.29) is 24.7 Å². The van der Waals surface area contributed by atoms with Crippen molar-refractivity contribution in [3.63, 3.8) is 0 Å². The average molecular weight is 342 g/mol. The summed E-state index contributed by atoms with van der Waals surface area (Å²) in [7, 11) is 0. The second-order valence-corrected chi connectivity index (χ2v) is 5.60. The number of nitrogens with zero attached hydrogens (tertiary/aromatic N) is 1. The van der Waals surface area contributed by atoms with Crippen molar-refractivity contribution < 1.29 is 9.59 Å². The van der Waals surface area contributed by atoms with Gasteiger partial charge in [-0.15, -0.1) is 0 Å². The van der Waals surface area contributed by atoms with Crippen LogP contribution in [0.15, 0.2) is 48.5 Å². The normalized spacial score (nSPS) is 9.83. The molecule has 2 rings (SSSR count). The fraction of sp³-hybridized carbons (Fsp3) is 0.167. The van der Waals surface area contributed by atoms with E-state index < -0.39 is 0 Å². The number of rotatable bonds is 6. The van der Waals surface area contributed by atoms with Gasteiger partial charge < -0.3 is 10.6 Å². The van der Waals surface area contributed by atoms with Crippen LogP contribution in [0, 0.1) is 11.3 Å². The van der Waals surface area contributed by atoms with E-state index in [4.69, 9.17) is 16.9 Å². The van der Waals surface area contributed by atoms with E-state index in [1.165, 1.54) is 0 Å². The number of amides is 2. The first-order valence-electron chi connectivity index (χ1n) is 7.33. The molecule has 2 aromatic rings. The molecule has 0 aromatic heterocycles. The maximum atomic E-state index is 12.0. The van der Waals surface area contributed by atoms with Gasteiger partial charge in [0.25, 0.3) is 0 Å². The smallest absolute Gasteiger partial charge is 0.234 e. The standard InChI is InChI=1S/C18H16ClN3O2/c19-15-5-1-13(2-6-15)11-18(24)22-16-7-3-14(4-8-16)12-21-17(23)9-10-20/h1-8H,9,11-12H2,(H,21,23)(H,22,24). The van der Waals surface area contributed by atoms with Gasteiger partial charge in [0.05, 0.1) is 12.5 Å². The minimum absolute atomic E-state index is 0.118. The van der Waals surface area contributed by atoms with Crippen molar-refractivity contribution in [2.24, 2.45) is 0 Å². The zero-order valence-electron chi connectivity index (χ0n) is 12.9. The predicted octanol–water partition coefficient (Wildman–Crippen LogP) is 3.05. The summed E-state index contributed by atoms with van der Waals surface area (Å²) >= 11 is 5.81. The fourth-order valence-electron chi connectivity index (χ4n) is 2.03. The van der Waals surface area contributed by atoms with E-state index in [2.05, 4.69) is 10.6 Å². The minimum Gasteiger partial charge on any atom is -0.351 e. The molecule has 0 aliphatic heterocycles. The first-order valence-corrected chi connectivity index (χ1v) is 7.71. The summed E-state index contributed by atoms with van der Waals surface area (Å²) in [6.07, 6.45) is 0.113. The summed E-state index contributed by atoms with van der Waals surface area (Å²) in [6.45, 7) is 0.347. The van der Waals surface area contributed by atoms with E-state index in [0.29, 0.717) is 17.3 Å². The van der Waals surface area contributed by atoms with Crippen LogP contribution < -0.4 is 10.6 Å². The Morgan fingerprint density at radius 3 is 2.21 bits per heavy atom. The van der Waals surface area contributed by atoms with Crippen LogP contribution in [0.25, 0.3) is 0 Å². The molecule has 0 heterocycles. The highest BCUT2D eigenvalue weighted by Crippen LogP contribution is 2.12.